The van der Waals surface area contributed by atoms with Crippen LogP contribution in [0.25, 0.3) is 16.3 Å². The maximum absolute atomic E-state index is 9.40. The predicted octanol–water partition coefficient (Wildman–Crippen LogP) is 5.50. The highest BCUT2D eigenvalue weighted by Gasteiger charge is 2.12. The molecule has 0 N–H and O–H groups in total. The van der Waals surface area contributed by atoms with Crippen LogP contribution in [0.15, 0.2) is 66.3 Å². The molecule has 0 amide bonds. The van der Waals surface area contributed by atoms with Crippen molar-refractivity contribution in [2.75, 3.05) is 31.2 Å². The predicted molar refractivity (Wildman–Crippen MR) is 114 cm³/mol. The Balaban J connectivity index is 1.96. The van der Waals surface area contributed by atoms with Crippen LogP contribution in [0.4, 0.5) is 5.69 Å². The van der Waals surface area contributed by atoms with Crippen LogP contribution < -0.4 is 4.90 Å². The van der Waals surface area contributed by atoms with Gasteiger partial charge in [0.2, 0.25) is 0 Å². The average molecular weight is 358 g/mol. The standard InChI is InChI=1S/C24H26N2O/c1-4-18(2)5-10-24(19(3)17-25)22-7-6-21-16-23(9-8-20(21)15-22)26-11-13-27-14-12-26/h5-10,15-16H,2,4,11-14H2,1,3H3. The third-order valence-electron chi connectivity index (χ3n) is 5.02. The molecule has 27 heavy (non-hydrogen) atoms. The number of benzene rings is 2. The summed E-state index contributed by atoms with van der Waals surface area (Å²) in [5.41, 5.74) is 5.00. The molecule has 1 fully saturated rings. The minimum atomic E-state index is 0.708. The van der Waals surface area contributed by atoms with Crippen molar-refractivity contribution in [1.29, 1.82) is 5.26 Å². The summed E-state index contributed by atoms with van der Waals surface area (Å²) in [7, 11) is 0. The Morgan fingerprint density at radius 3 is 2.56 bits per heavy atom. The largest absolute Gasteiger partial charge is 0.378 e. The van der Waals surface area contributed by atoms with Gasteiger partial charge in [-0.1, -0.05) is 49.4 Å². The number of hydrogen-bond donors (Lipinski definition) is 0. The molecule has 0 unspecified atom stereocenters. The molecule has 3 rings (SSSR count). The zero-order valence-corrected chi connectivity index (χ0v) is 16.2. The molecule has 1 aliphatic rings. The van der Waals surface area contributed by atoms with Gasteiger partial charge in [0, 0.05) is 24.4 Å². The number of rotatable bonds is 5. The fraction of sp³-hybridized carbons (Fsp3) is 0.292. The Kier molecular flexibility index (Phi) is 6.11. The summed E-state index contributed by atoms with van der Waals surface area (Å²) in [5.74, 6) is 0. The molecule has 3 nitrogen and oxygen atoms in total. The molecule has 0 radical (unpaired) electrons. The molecule has 0 aromatic heterocycles. The van der Waals surface area contributed by atoms with Gasteiger partial charge in [0.05, 0.1) is 19.3 Å². The molecule has 3 heteroatoms. The first kappa shape index (κ1) is 18.9. The monoisotopic (exact) mass is 358 g/mol. The van der Waals surface area contributed by atoms with E-state index < -0.39 is 0 Å². The number of nitriles is 1. The van der Waals surface area contributed by atoms with Crippen LogP contribution in [0.3, 0.4) is 0 Å². The van der Waals surface area contributed by atoms with Gasteiger partial charge in [-0.25, -0.2) is 0 Å². The van der Waals surface area contributed by atoms with E-state index in [1.54, 1.807) is 0 Å². The minimum absolute atomic E-state index is 0.708. The summed E-state index contributed by atoms with van der Waals surface area (Å²) in [6.07, 6.45) is 4.91. The number of ether oxygens (including phenoxy) is 1. The lowest BCUT2D eigenvalue weighted by Gasteiger charge is -2.29. The van der Waals surface area contributed by atoms with Gasteiger partial charge in [-0.3, -0.25) is 0 Å². The summed E-state index contributed by atoms with van der Waals surface area (Å²) in [6, 6.07) is 15.3. The number of anilines is 1. The number of nitrogens with zero attached hydrogens (tertiary/aromatic N) is 2. The number of morpholine rings is 1. The van der Waals surface area contributed by atoms with Crippen molar-refractivity contribution in [2.45, 2.75) is 20.3 Å². The first-order valence-electron chi connectivity index (χ1n) is 9.46. The van der Waals surface area contributed by atoms with Crippen molar-refractivity contribution in [1.82, 2.24) is 0 Å². The molecule has 1 saturated heterocycles. The van der Waals surface area contributed by atoms with Crippen LogP contribution in [0.5, 0.6) is 0 Å². The van der Waals surface area contributed by atoms with Crippen LogP contribution in [0.1, 0.15) is 25.8 Å². The highest BCUT2D eigenvalue weighted by Crippen LogP contribution is 2.28. The summed E-state index contributed by atoms with van der Waals surface area (Å²) >= 11 is 0. The van der Waals surface area contributed by atoms with E-state index in [4.69, 9.17) is 4.74 Å². The molecule has 1 aliphatic heterocycles. The van der Waals surface area contributed by atoms with Crippen molar-refractivity contribution in [3.63, 3.8) is 0 Å². The molecule has 2 aromatic rings. The van der Waals surface area contributed by atoms with Crippen LogP contribution in [0.2, 0.25) is 0 Å². The Labute approximate surface area is 161 Å². The van der Waals surface area contributed by atoms with Crippen molar-refractivity contribution in [3.05, 3.63) is 71.8 Å². The van der Waals surface area contributed by atoms with E-state index in [1.807, 2.05) is 19.1 Å². The maximum atomic E-state index is 9.40. The molecule has 2 aromatic carbocycles. The fourth-order valence-electron chi connectivity index (χ4n) is 3.24. The average Bonchev–Trinajstić information content (AvgIpc) is 2.73. The van der Waals surface area contributed by atoms with Crippen molar-refractivity contribution >= 4 is 22.0 Å². The fourth-order valence-corrected chi connectivity index (χ4v) is 3.24. The van der Waals surface area contributed by atoms with Gasteiger partial charge in [0.25, 0.3) is 0 Å². The molecule has 0 bridgehead atoms. The van der Waals surface area contributed by atoms with Crippen molar-refractivity contribution in [3.8, 4) is 6.07 Å². The first-order valence-corrected chi connectivity index (χ1v) is 9.46. The molecular weight excluding hydrogens is 332 g/mol. The Morgan fingerprint density at radius 2 is 1.85 bits per heavy atom. The van der Waals surface area contributed by atoms with Crippen LogP contribution in [-0.4, -0.2) is 26.3 Å². The second kappa shape index (κ2) is 8.70. The van der Waals surface area contributed by atoms with Crippen LogP contribution in [0, 0.1) is 11.3 Å². The highest BCUT2D eigenvalue weighted by molar-refractivity contribution is 5.91. The smallest absolute Gasteiger partial charge is 0.0950 e. The summed E-state index contributed by atoms with van der Waals surface area (Å²) in [6.45, 7) is 11.4. The summed E-state index contributed by atoms with van der Waals surface area (Å²) < 4.78 is 5.45. The van der Waals surface area contributed by atoms with E-state index in [1.165, 1.54) is 16.5 Å². The summed E-state index contributed by atoms with van der Waals surface area (Å²) in [5, 5.41) is 11.8. The lowest BCUT2D eigenvalue weighted by molar-refractivity contribution is 0.122. The lowest BCUT2D eigenvalue weighted by atomic mass is 9.96. The second-order valence-corrected chi connectivity index (χ2v) is 6.84. The van der Waals surface area contributed by atoms with Gasteiger partial charge in [-0.05, 0) is 53.5 Å². The Morgan fingerprint density at radius 1 is 1.15 bits per heavy atom. The molecule has 0 aliphatic carbocycles. The zero-order chi connectivity index (χ0) is 19.2. The van der Waals surface area contributed by atoms with Gasteiger partial charge in [-0.15, -0.1) is 0 Å². The van der Waals surface area contributed by atoms with E-state index in [0.29, 0.717) is 5.57 Å². The van der Waals surface area contributed by atoms with E-state index in [0.717, 1.165) is 49.4 Å². The lowest BCUT2D eigenvalue weighted by Crippen LogP contribution is -2.36. The molecule has 0 atom stereocenters. The minimum Gasteiger partial charge on any atom is -0.378 e. The van der Waals surface area contributed by atoms with E-state index in [2.05, 4.69) is 60.9 Å². The molecule has 1 heterocycles. The van der Waals surface area contributed by atoms with Gasteiger partial charge in [0.1, 0.15) is 0 Å². The Hall–Kier alpha value is -2.83. The summed E-state index contributed by atoms with van der Waals surface area (Å²) in [4.78, 5) is 2.36. The number of fused-ring (bicyclic) bond motifs is 1. The molecule has 0 spiro atoms. The van der Waals surface area contributed by atoms with Gasteiger partial charge < -0.3 is 9.64 Å². The van der Waals surface area contributed by atoms with Gasteiger partial charge >= 0.3 is 0 Å². The maximum Gasteiger partial charge on any atom is 0.0950 e. The van der Waals surface area contributed by atoms with Crippen LogP contribution in [-0.2, 0) is 4.74 Å². The SMILES string of the molecule is C=C(C=CC(=C(C)C#N)c1ccc2cc(N3CCOCC3)ccc2c1)CC. The van der Waals surface area contributed by atoms with Crippen molar-refractivity contribution in [2.24, 2.45) is 0 Å². The van der Waals surface area contributed by atoms with Crippen LogP contribution >= 0.6 is 0 Å². The van der Waals surface area contributed by atoms with E-state index in [-0.39, 0.29) is 0 Å². The van der Waals surface area contributed by atoms with Gasteiger partial charge in [0.15, 0.2) is 0 Å². The molecule has 138 valence electrons. The molecule has 0 saturated carbocycles. The van der Waals surface area contributed by atoms with Crippen molar-refractivity contribution < 1.29 is 4.74 Å². The second-order valence-electron chi connectivity index (χ2n) is 6.84. The number of allylic oxidation sites excluding steroid dienone is 5. The quantitative estimate of drug-likeness (QED) is 0.523. The topological polar surface area (TPSA) is 36.3 Å². The highest BCUT2D eigenvalue weighted by atomic mass is 16.5. The zero-order valence-electron chi connectivity index (χ0n) is 16.2. The molecular formula is C24H26N2O. The third kappa shape index (κ3) is 4.48. The van der Waals surface area contributed by atoms with E-state index in [9.17, 15) is 5.26 Å². The van der Waals surface area contributed by atoms with E-state index >= 15 is 0 Å². The number of hydrogen-bond acceptors (Lipinski definition) is 3. The van der Waals surface area contributed by atoms with Gasteiger partial charge in [-0.2, -0.15) is 5.26 Å². The first-order chi connectivity index (χ1) is 13.1. The Bertz CT molecular complexity index is 940. The normalized spacial score (nSPS) is 15.7. The third-order valence-corrected chi connectivity index (χ3v) is 5.02.